The SMILES string of the molecule is CC1(C(O)c2ccncc2F)CCCS1. The van der Waals surface area contributed by atoms with Crippen molar-refractivity contribution >= 4 is 11.8 Å². The van der Waals surface area contributed by atoms with Crippen molar-refractivity contribution in [2.75, 3.05) is 5.75 Å². The predicted molar refractivity (Wildman–Crippen MR) is 59.3 cm³/mol. The Balaban J connectivity index is 2.27. The molecule has 0 aliphatic carbocycles. The van der Waals surface area contributed by atoms with E-state index in [0.717, 1.165) is 24.8 Å². The molecule has 2 rings (SSSR count). The van der Waals surface area contributed by atoms with Crippen molar-refractivity contribution in [1.29, 1.82) is 0 Å². The van der Waals surface area contributed by atoms with Gasteiger partial charge in [-0.3, -0.25) is 4.98 Å². The topological polar surface area (TPSA) is 33.1 Å². The molecule has 1 aromatic heterocycles. The molecule has 2 unspecified atom stereocenters. The smallest absolute Gasteiger partial charge is 0.147 e. The Morgan fingerprint density at radius 1 is 1.67 bits per heavy atom. The molecule has 4 heteroatoms. The van der Waals surface area contributed by atoms with E-state index < -0.39 is 11.9 Å². The number of halogens is 1. The highest BCUT2D eigenvalue weighted by atomic mass is 32.2. The van der Waals surface area contributed by atoms with Gasteiger partial charge in [-0.15, -0.1) is 0 Å². The molecule has 0 amide bonds. The highest BCUT2D eigenvalue weighted by Crippen LogP contribution is 2.46. The maximum Gasteiger partial charge on any atom is 0.147 e. The quantitative estimate of drug-likeness (QED) is 0.842. The Morgan fingerprint density at radius 2 is 2.47 bits per heavy atom. The van der Waals surface area contributed by atoms with Crippen molar-refractivity contribution in [1.82, 2.24) is 4.98 Å². The summed E-state index contributed by atoms with van der Waals surface area (Å²) in [5.74, 6) is 0.624. The molecule has 1 aliphatic heterocycles. The summed E-state index contributed by atoms with van der Waals surface area (Å²) in [6.45, 7) is 2.00. The summed E-state index contributed by atoms with van der Waals surface area (Å²) >= 11 is 1.72. The van der Waals surface area contributed by atoms with Crippen molar-refractivity contribution in [2.24, 2.45) is 0 Å². The molecule has 2 atom stereocenters. The molecule has 82 valence electrons. The minimum Gasteiger partial charge on any atom is -0.387 e. The van der Waals surface area contributed by atoms with Crippen LogP contribution in [0.25, 0.3) is 0 Å². The molecule has 0 radical (unpaired) electrons. The summed E-state index contributed by atoms with van der Waals surface area (Å²) in [5.41, 5.74) is 0.363. The van der Waals surface area contributed by atoms with Gasteiger partial charge >= 0.3 is 0 Å². The third-order valence-electron chi connectivity index (χ3n) is 2.93. The van der Waals surface area contributed by atoms with Crippen LogP contribution in [0.15, 0.2) is 18.5 Å². The Kier molecular flexibility index (Phi) is 2.98. The lowest BCUT2D eigenvalue weighted by Crippen LogP contribution is -2.27. The number of rotatable bonds is 2. The number of thioether (sulfide) groups is 1. The van der Waals surface area contributed by atoms with Gasteiger partial charge < -0.3 is 5.11 Å². The van der Waals surface area contributed by atoms with Gasteiger partial charge in [0, 0.05) is 16.5 Å². The van der Waals surface area contributed by atoms with Gasteiger partial charge in [0.15, 0.2) is 0 Å². The lowest BCUT2D eigenvalue weighted by Gasteiger charge is -2.29. The first-order valence-electron chi connectivity index (χ1n) is 5.05. The third kappa shape index (κ3) is 2.01. The van der Waals surface area contributed by atoms with Crippen LogP contribution in [0.2, 0.25) is 0 Å². The number of pyridine rings is 1. The van der Waals surface area contributed by atoms with E-state index in [-0.39, 0.29) is 4.75 Å². The molecule has 0 spiro atoms. The van der Waals surface area contributed by atoms with E-state index in [9.17, 15) is 9.50 Å². The minimum atomic E-state index is -0.743. The zero-order valence-corrected chi connectivity index (χ0v) is 9.43. The first-order chi connectivity index (χ1) is 7.13. The predicted octanol–water partition coefficient (Wildman–Crippen LogP) is 2.54. The number of aliphatic hydroxyl groups is 1. The molecule has 1 aromatic rings. The standard InChI is InChI=1S/C11H14FNOS/c1-11(4-2-6-15-11)10(14)8-3-5-13-7-9(8)12/h3,5,7,10,14H,2,4,6H2,1H3. The van der Waals surface area contributed by atoms with E-state index >= 15 is 0 Å². The van der Waals surface area contributed by atoms with E-state index in [0.29, 0.717) is 5.56 Å². The fraction of sp³-hybridized carbons (Fsp3) is 0.545. The van der Waals surface area contributed by atoms with Gasteiger partial charge in [-0.2, -0.15) is 11.8 Å². The van der Waals surface area contributed by atoms with Gasteiger partial charge in [0.05, 0.1) is 12.3 Å². The molecule has 15 heavy (non-hydrogen) atoms. The average Bonchev–Trinajstić information content (AvgIpc) is 2.66. The molecule has 1 N–H and O–H groups in total. The van der Waals surface area contributed by atoms with Gasteiger partial charge in [0.2, 0.25) is 0 Å². The second kappa shape index (κ2) is 4.10. The third-order valence-corrected chi connectivity index (χ3v) is 4.51. The highest BCUT2D eigenvalue weighted by Gasteiger charge is 2.38. The number of aliphatic hydroxyl groups excluding tert-OH is 1. The molecular formula is C11H14FNOS. The Morgan fingerprint density at radius 3 is 3.07 bits per heavy atom. The van der Waals surface area contributed by atoms with Gasteiger partial charge in [-0.1, -0.05) is 0 Å². The lowest BCUT2D eigenvalue weighted by molar-refractivity contribution is 0.130. The maximum atomic E-state index is 13.4. The second-order valence-corrected chi connectivity index (χ2v) is 5.69. The average molecular weight is 227 g/mol. The first kappa shape index (κ1) is 10.9. The first-order valence-corrected chi connectivity index (χ1v) is 6.03. The van der Waals surface area contributed by atoms with Crippen LogP contribution in [0, 0.1) is 5.82 Å². The molecule has 0 saturated carbocycles. The van der Waals surface area contributed by atoms with Gasteiger partial charge in [-0.05, 0) is 31.6 Å². The van der Waals surface area contributed by atoms with Crippen LogP contribution in [0.1, 0.15) is 31.4 Å². The molecule has 1 saturated heterocycles. The fourth-order valence-corrected chi connectivity index (χ4v) is 3.28. The lowest BCUT2D eigenvalue weighted by atomic mass is 9.93. The van der Waals surface area contributed by atoms with Crippen LogP contribution >= 0.6 is 11.8 Å². The summed E-state index contributed by atoms with van der Waals surface area (Å²) in [7, 11) is 0. The van der Waals surface area contributed by atoms with E-state index in [1.165, 1.54) is 6.20 Å². The number of aromatic nitrogens is 1. The van der Waals surface area contributed by atoms with Gasteiger partial charge in [0.1, 0.15) is 5.82 Å². The Hall–Kier alpha value is -0.610. The van der Waals surface area contributed by atoms with E-state index in [1.54, 1.807) is 17.8 Å². The van der Waals surface area contributed by atoms with Crippen LogP contribution in [-0.4, -0.2) is 20.6 Å². The molecule has 2 heterocycles. The van der Waals surface area contributed by atoms with Crippen molar-refractivity contribution in [2.45, 2.75) is 30.6 Å². The van der Waals surface area contributed by atoms with E-state index in [1.807, 2.05) is 6.92 Å². The largest absolute Gasteiger partial charge is 0.387 e. The van der Waals surface area contributed by atoms with Gasteiger partial charge in [-0.25, -0.2) is 4.39 Å². The monoisotopic (exact) mass is 227 g/mol. The maximum absolute atomic E-state index is 13.4. The highest BCUT2D eigenvalue weighted by molar-refractivity contribution is 8.00. The van der Waals surface area contributed by atoms with Crippen molar-refractivity contribution in [3.63, 3.8) is 0 Å². The zero-order chi connectivity index (χ0) is 10.9. The number of hydrogen-bond donors (Lipinski definition) is 1. The van der Waals surface area contributed by atoms with Crippen LogP contribution < -0.4 is 0 Å². The van der Waals surface area contributed by atoms with Gasteiger partial charge in [0.25, 0.3) is 0 Å². The Labute approximate surface area is 92.9 Å². The van der Waals surface area contributed by atoms with Crippen molar-refractivity contribution in [3.8, 4) is 0 Å². The summed E-state index contributed by atoms with van der Waals surface area (Å²) in [5, 5.41) is 10.2. The molecule has 2 nitrogen and oxygen atoms in total. The summed E-state index contributed by atoms with van der Waals surface area (Å²) in [6, 6.07) is 1.56. The summed E-state index contributed by atoms with van der Waals surface area (Å²) < 4.78 is 13.2. The van der Waals surface area contributed by atoms with Crippen molar-refractivity contribution in [3.05, 3.63) is 29.8 Å². The van der Waals surface area contributed by atoms with E-state index in [2.05, 4.69) is 4.98 Å². The molecule has 1 fully saturated rings. The molecule has 1 aliphatic rings. The van der Waals surface area contributed by atoms with Crippen molar-refractivity contribution < 1.29 is 9.50 Å². The van der Waals surface area contributed by atoms with Crippen LogP contribution in [0.3, 0.4) is 0 Å². The number of nitrogens with zero attached hydrogens (tertiary/aromatic N) is 1. The molecule has 0 aromatic carbocycles. The Bertz CT molecular complexity index is 352. The normalized spacial score (nSPS) is 27.9. The van der Waals surface area contributed by atoms with Crippen LogP contribution in [0.4, 0.5) is 4.39 Å². The summed E-state index contributed by atoms with van der Waals surface area (Å²) in [4.78, 5) is 3.68. The minimum absolute atomic E-state index is 0.248. The van der Waals surface area contributed by atoms with Crippen LogP contribution in [-0.2, 0) is 0 Å². The molecule has 0 bridgehead atoms. The second-order valence-electron chi connectivity index (χ2n) is 4.06. The summed E-state index contributed by atoms with van der Waals surface area (Å²) in [6.07, 6.45) is 3.95. The molecular weight excluding hydrogens is 213 g/mol. The zero-order valence-electron chi connectivity index (χ0n) is 8.61. The van der Waals surface area contributed by atoms with Crippen LogP contribution in [0.5, 0.6) is 0 Å². The fourth-order valence-electron chi connectivity index (χ4n) is 1.95. The number of hydrogen-bond acceptors (Lipinski definition) is 3. The van der Waals surface area contributed by atoms with E-state index in [4.69, 9.17) is 0 Å².